The Bertz CT molecular complexity index is 952. The standard InChI is InChI=1S/C17H19FN4O4S.CH2O2/c18-14-12-19-17(22-7-9-26-10-8-22)21-16(14)20-15(23)6-11-27(24,25)13-4-2-1-3-5-13;2-1-3/h1-5,12H,6-11H2,(H,19,20,21,23);1H,(H,2,3). The van der Waals surface area contributed by atoms with Gasteiger partial charge in [-0.05, 0) is 12.1 Å². The minimum Gasteiger partial charge on any atom is -0.483 e. The predicted molar refractivity (Wildman–Crippen MR) is 105 cm³/mol. The number of hydrogen-bond acceptors (Lipinski definition) is 8. The molecule has 162 valence electrons. The van der Waals surface area contributed by atoms with Crippen LogP contribution in [0.1, 0.15) is 6.42 Å². The summed E-state index contributed by atoms with van der Waals surface area (Å²) in [5.74, 6) is -1.79. The van der Waals surface area contributed by atoms with Crippen molar-refractivity contribution in [2.45, 2.75) is 11.3 Å². The number of sulfone groups is 1. The van der Waals surface area contributed by atoms with Crippen molar-refractivity contribution in [2.75, 3.05) is 42.3 Å². The van der Waals surface area contributed by atoms with Crippen LogP contribution in [-0.4, -0.2) is 67.9 Å². The maximum Gasteiger partial charge on any atom is 0.290 e. The molecule has 1 aliphatic heterocycles. The summed E-state index contributed by atoms with van der Waals surface area (Å²) < 4.78 is 43.6. The van der Waals surface area contributed by atoms with Gasteiger partial charge in [-0.25, -0.2) is 17.8 Å². The molecule has 3 rings (SSSR count). The van der Waals surface area contributed by atoms with Crippen LogP contribution in [0.3, 0.4) is 0 Å². The maximum absolute atomic E-state index is 13.9. The topological polar surface area (TPSA) is 139 Å². The fourth-order valence-electron chi connectivity index (χ4n) is 2.53. The molecule has 1 saturated heterocycles. The van der Waals surface area contributed by atoms with Gasteiger partial charge >= 0.3 is 0 Å². The van der Waals surface area contributed by atoms with Crippen LogP contribution in [0.25, 0.3) is 0 Å². The van der Waals surface area contributed by atoms with E-state index in [0.29, 0.717) is 26.3 Å². The normalized spacial score (nSPS) is 13.7. The number of nitrogens with zero attached hydrogens (tertiary/aromatic N) is 3. The van der Waals surface area contributed by atoms with E-state index in [4.69, 9.17) is 14.6 Å². The predicted octanol–water partition coefficient (Wildman–Crippen LogP) is 0.956. The minimum absolute atomic E-state index is 0.139. The smallest absolute Gasteiger partial charge is 0.290 e. The van der Waals surface area contributed by atoms with Crippen molar-refractivity contribution < 1.29 is 32.2 Å². The van der Waals surface area contributed by atoms with E-state index in [9.17, 15) is 17.6 Å². The van der Waals surface area contributed by atoms with Gasteiger partial charge in [0.1, 0.15) is 0 Å². The van der Waals surface area contributed by atoms with Crippen LogP contribution >= 0.6 is 0 Å². The Labute approximate surface area is 172 Å². The first-order chi connectivity index (χ1) is 14.4. The molecular formula is C18H21FN4O6S. The lowest BCUT2D eigenvalue weighted by molar-refractivity contribution is -0.123. The summed E-state index contributed by atoms with van der Waals surface area (Å²) in [4.78, 5) is 30.4. The van der Waals surface area contributed by atoms with E-state index in [0.717, 1.165) is 6.20 Å². The molecule has 0 aliphatic carbocycles. The number of morpholine rings is 1. The van der Waals surface area contributed by atoms with Crippen LogP contribution in [0.15, 0.2) is 41.4 Å². The molecule has 1 amide bonds. The number of aromatic nitrogens is 2. The number of ether oxygens (including phenoxy) is 1. The van der Waals surface area contributed by atoms with E-state index in [1.165, 1.54) is 12.1 Å². The van der Waals surface area contributed by atoms with Gasteiger partial charge in [-0.15, -0.1) is 0 Å². The zero-order valence-corrected chi connectivity index (χ0v) is 16.7. The molecule has 0 bridgehead atoms. The van der Waals surface area contributed by atoms with Crippen LogP contribution in [-0.2, 0) is 24.2 Å². The molecule has 1 fully saturated rings. The lowest BCUT2D eigenvalue weighted by Gasteiger charge is -2.26. The molecule has 2 heterocycles. The molecule has 12 heteroatoms. The molecule has 1 aromatic heterocycles. The quantitative estimate of drug-likeness (QED) is 0.629. The molecule has 0 saturated carbocycles. The number of carbonyl (C=O) groups is 2. The van der Waals surface area contributed by atoms with Gasteiger partial charge in [0.2, 0.25) is 11.9 Å². The second-order valence-electron chi connectivity index (χ2n) is 6.00. The van der Waals surface area contributed by atoms with Crippen LogP contribution in [0.2, 0.25) is 0 Å². The fraction of sp³-hybridized carbons (Fsp3) is 0.333. The van der Waals surface area contributed by atoms with Crippen molar-refractivity contribution in [2.24, 2.45) is 0 Å². The number of hydrogen-bond donors (Lipinski definition) is 2. The van der Waals surface area contributed by atoms with Crippen molar-refractivity contribution in [1.29, 1.82) is 0 Å². The monoisotopic (exact) mass is 440 g/mol. The summed E-state index contributed by atoms with van der Waals surface area (Å²) in [6, 6.07) is 7.85. The average molecular weight is 440 g/mol. The lowest BCUT2D eigenvalue weighted by Crippen LogP contribution is -2.37. The number of halogens is 1. The average Bonchev–Trinajstić information content (AvgIpc) is 2.76. The highest BCUT2D eigenvalue weighted by Crippen LogP contribution is 2.17. The Morgan fingerprint density at radius 1 is 1.27 bits per heavy atom. The van der Waals surface area contributed by atoms with Crippen LogP contribution in [0, 0.1) is 5.82 Å². The molecule has 0 unspecified atom stereocenters. The summed E-state index contributed by atoms with van der Waals surface area (Å²) in [7, 11) is -3.59. The van der Waals surface area contributed by atoms with E-state index in [1.54, 1.807) is 18.2 Å². The van der Waals surface area contributed by atoms with Gasteiger partial charge in [0.05, 0.1) is 30.1 Å². The van der Waals surface area contributed by atoms with E-state index in [2.05, 4.69) is 15.3 Å². The molecule has 1 aliphatic rings. The molecule has 2 aromatic rings. The van der Waals surface area contributed by atoms with Gasteiger partial charge in [-0.1, -0.05) is 18.2 Å². The van der Waals surface area contributed by atoms with E-state index >= 15 is 0 Å². The number of benzene rings is 1. The summed E-state index contributed by atoms with van der Waals surface area (Å²) in [5.41, 5.74) is 0. The molecule has 30 heavy (non-hydrogen) atoms. The van der Waals surface area contributed by atoms with Crippen molar-refractivity contribution in [1.82, 2.24) is 9.97 Å². The summed E-state index contributed by atoms with van der Waals surface area (Å²) in [6.45, 7) is 1.90. The number of anilines is 2. The van der Waals surface area contributed by atoms with Crippen molar-refractivity contribution in [3.63, 3.8) is 0 Å². The van der Waals surface area contributed by atoms with Crippen LogP contribution < -0.4 is 10.2 Å². The number of amides is 1. The third-order valence-corrected chi connectivity index (χ3v) is 5.72. The Morgan fingerprint density at radius 3 is 2.53 bits per heavy atom. The van der Waals surface area contributed by atoms with Crippen molar-refractivity contribution >= 4 is 34.0 Å². The number of carboxylic acid groups (broad SMARTS) is 1. The zero-order valence-electron chi connectivity index (χ0n) is 15.9. The second-order valence-corrected chi connectivity index (χ2v) is 8.11. The number of carbonyl (C=O) groups excluding carboxylic acids is 1. The molecule has 2 N–H and O–H groups in total. The third-order valence-electron chi connectivity index (χ3n) is 3.98. The molecule has 0 atom stereocenters. The van der Waals surface area contributed by atoms with Gasteiger partial charge < -0.3 is 20.1 Å². The first-order valence-electron chi connectivity index (χ1n) is 8.88. The summed E-state index contributed by atoms with van der Waals surface area (Å²) in [6.07, 6.45) is 0.668. The van der Waals surface area contributed by atoms with Gasteiger partial charge in [-0.2, -0.15) is 4.98 Å². The Kier molecular flexibility index (Phi) is 8.62. The number of nitrogens with one attached hydrogen (secondary N) is 1. The Morgan fingerprint density at radius 2 is 1.90 bits per heavy atom. The molecule has 10 nitrogen and oxygen atoms in total. The van der Waals surface area contributed by atoms with Crippen molar-refractivity contribution in [3.05, 3.63) is 42.3 Å². The largest absolute Gasteiger partial charge is 0.483 e. The van der Waals surface area contributed by atoms with Crippen LogP contribution in [0.4, 0.5) is 16.2 Å². The molecular weight excluding hydrogens is 419 g/mol. The van der Waals surface area contributed by atoms with Gasteiger partial charge in [0, 0.05) is 19.5 Å². The highest BCUT2D eigenvalue weighted by Gasteiger charge is 2.19. The van der Waals surface area contributed by atoms with E-state index in [-0.39, 0.29) is 35.3 Å². The SMILES string of the molecule is O=C(CCS(=O)(=O)c1ccccc1)Nc1nc(N2CCOCC2)ncc1F.O=CO. The van der Waals surface area contributed by atoms with Gasteiger partial charge in [0.25, 0.3) is 6.47 Å². The Hall–Kier alpha value is -3.12. The van der Waals surface area contributed by atoms with Crippen molar-refractivity contribution in [3.8, 4) is 0 Å². The van der Waals surface area contributed by atoms with Gasteiger partial charge in [0.15, 0.2) is 21.5 Å². The van der Waals surface area contributed by atoms with Crippen LogP contribution in [0.5, 0.6) is 0 Å². The zero-order chi connectivity index (χ0) is 22.0. The molecule has 1 aromatic carbocycles. The summed E-state index contributed by atoms with van der Waals surface area (Å²) >= 11 is 0. The highest BCUT2D eigenvalue weighted by atomic mass is 32.2. The molecule has 0 radical (unpaired) electrons. The van der Waals surface area contributed by atoms with E-state index < -0.39 is 21.6 Å². The summed E-state index contributed by atoms with van der Waals surface area (Å²) in [5, 5.41) is 9.22. The number of rotatable bonds is 6. The van der Waals surface area contributed by atoms with Gasteiger partial charge in [-0.3, -0.25) is 9.59 Å². The van der Waals surface area contributed by atoms with E-state index in [1.807, 2.05) is 4.90 Å². The Balaban J connectivity index is 0.00000101. The maximum atomic E-state index is 13.9. The molecule has 0 spiro atoms. The first-order valence-corrected chi connectivity index (χ1v) is 10.5. The first kappa shape index (κ1) is 23.2. The lowest BCUT2D eigenvalue weighted by atomic mass is 10.4. The highest BCUT2D eigenvalue weighted by molar-refractivity contribution is 7.91. The third kappa shape index (κ3) is 6.74. The minimum atomic E-state index is -3.59. The fourth-order valence-corrected chi connectivity index (χ4v) is 3.79. The second kappa shape index (κ2) is 11.2.